The van der Waals surface area contributed by atoms with Crippen LogP contribution in [0, 0.1) is 5.92 Å². The molecule has 1 aromatic carbocycles. The Labute approximate surface area is 122 Å². The maximum atomic E-state index is 5.95. The number of hydrogen-bond donors (Lipinski definition) is 1. The Morgan fingerprint density at radius 1 is 1.40 bits per heavy atom. The van der Waals surface area contributed by atoms with Gasteiger partial charge in [-0.2, -0.15) is 0 Å². The fourth-order valence-corrected chi connectivity index (χ4v) is 2.60. The van der Waals surface area contributed by atoms with Gasteiger partial charge in [0.15, 0.2) is 0 Å². The van der Waals surface area contributed by atoms with Gasteiger partial charge in [0.1, 0.15) is 5.75 Å². The van der Waals surface area contributed by atoms with Crippen molar-refractivity contribution in [2.75, 3.05) is 19.8 Å². The number of rotatable bonds is 7. The molecule has 0 aromatic heterocycles. The average Bonchev–Trinajstić information content (AvgIpc) is 2.91. The maximum Gasteiger partial charge on any atom is 0.119 e. The predicted octanol–water partition coefficient (Wildman–Crippen LogP) is 3.55. The van der Waals surface area contributed by atoms with E-state index in [1.807, 2.05) is 6.07 Å². The third kappa shape index (κ3) is 4.22. The number of hydrogen-bond acceptors (Lipinski definition) is 3. The molecule has 1 heterocycles. The minimum absolute atomic E-state index is 0.200. The van der Waals surface area contributed by atoms with Crippen LogP contribution >= 0.6 is 0 Å². The molecule has 0 bridgehead atoms. The standard InChI is InChI=1S/C17H27NO2/c1-4-9-19-16-7-5-6-14(11-16)17-15(8-10-20-17)12-18-13(2)3/h5-7,11,13,15,17-18H,4,8-10,12H2,1-3H3. The monoisotopic (exact) mass is 277 g/mol. The molecule has 1 saturated heterocycles. The highest BCUT2D eigenvalue weighted by Crippen LogP contribution is 2.35. The summed E-state index contributed by atoms with van der Waals surface area (Å²) in [5, 5.41) is 3.52. The zero-order valence-electron chi connectivity index (χ0n) is 12.9. The minimum atomic E-state index is 0.200. The van der Waals surface area contributed by atoms with Crippen LogP contribution in [-0.4, -0.2) is 25.8 Å². The van der Waals surface area contributed by atoms with Crippen LogP contribution in [0.2, 0.25) is 0 Å². The average molecular weight is 277 g/mol. The van der Waals surface area contributed by atoms with E-state index in [0.29, 0.717) is 12.0 Å². The van der Waals surface area contributed by atoms with Gasteiger partial charge in [-0.05, 0) is 30.5 Å². The third-order valence-electron chi connectivity index (χ3n) is 3.66. The zero-order valence-corrected chi connectivity index (χ0v) is 12.9. The van der Waals surface area contributed by atoms with Crippen molar-refractivity contribution in [1.82, 2.24) is 5.32 Å². The van der Waals surface area contributed by atoms with Gasteiger partial charge in [0.2, 0.25) is 0 Å². The fourth-order valence-electron chi connectivity index (χ4n) is 2.60. The Kier molecular flexibility index (Phi) is 5.86. The number of benzene rings is 1. The van der Waals surface area contributed by atoms with Crippen molar-refractivity contribution in [3.63, 3.8) is 0 Å². The second kappa shape index (κ2) is 7.65. The lowest BCUT2D eigenvalue weighted by molar-refractivity contribution is 0.0898. The summed E-state index contributed by atoms with van der Waals surface area (Å²) in [7, 11) is 0. The summed E-state index contributed by atoms with van der Waals surface area (Å²) in [4.78, 5) is 0. The van der Waals surface area contributed by atoms with Crippen molar-refractivity contribution in [2.45, 2.75) is 45.8 Å². The summed E-state index contributed by atoms with van der Waals surface area (Å²) >= 11 is 0. The Bertz CT molecular complexity index is 406. The fraction of sp³-hybridized carbons (Fsp3) is 0.647. The molecule has 3 nitrogen and oxygen atoms in total. The lowest BCUT2D eigenvalue weighted by atomic mass is 9.95. The van der Waals surface area contributed by atoms with Gasteiger partial charge in [-0.25, -0.2) is 0 Å². The molecule has 112 valence electrons. The largest absolute Gasteiger partial charge is 0.494 e. The van der Waals surface area contributed by atoms with E-state index in [4.69, 9.17) is 9.47 Å². The molecule has 1 aliphatic rings. The first-order chi connectivity index (χ1) is 9.70. The highest BCUT2D eigenvalue weighted by molar-refractivity contribution is 5.30. The quantitative estimate of drug-likeness (QED) is 0.826. The molecule has 0 radical (unpaired) electrons. The van der Waals surface area contributed by atoms with Crippen molar-refractivity contribution in [3.05, 3.63) is 29.8 Å². The van der Waals surface area contributed by atoms with Crippen LogP contribution in [0.15, 0.2) is 24.3 Å². The SMILES string of the molecule is CCCOc1cccc(C2OCCC2CNC(C)C)c1. The maximum absolute atomic E-state index is 5.95. The molecule has 0 aliphatic carbocycles. The van der Waals surface area contributed by atoms with E-state index in [1.54, 1.807) is 0 Å². The summed E-state index contributed by atoms with van der Waals surface area (Å²) in [6.07, 6.45) is 2.36. The van der Waals surface area contributed by atoms with Crippen LogP contribution in [0.1, 0.15) is 45.3 Å². The summed E-state index contributed by atoms with van der Waals surface area (Å²) in [5.74, 6) is 1.51. The lowest BCUT2D eigenvalue weighted by Crippen LogP contribution is -2.30. The summed E-state index contributed by atoms with van der Waals surface area (Å²) in [6, 6.07) is 8.89. The zero-order chi connectivity index (χ0) is 14.4. The van der Waals surface area contributed by atoms with Gasteiger partial charge >= 0.3 is 0 Å². The van der Waals surface area contributed by atoms with E-state index in [9.17, 15) is 0 Å². The third-order valence-corrected chi connectivity index (χ3v) is 3.66. The van der Waals surface area contributed by atoms with Crippen molar-refractivity contribution in [3.8, 4) is 5.75 Å². The summed E-state index contributed by atoms with van der Waals surface area (Å²) < 4.78 is 11.7. The number of nitrogens with one attached hydrogen (secondary N) is 1. The molecular weight excluding hydrogens is 250 g/mol. The van der Waals surface area contributed by atoms with Gasteiger partial charge in [0, 0.05) is 25.1 Å². The van der Waals surface area contributed by atoms with Gasteiger partial charge in [0.25, 0.3) is 0 Å². The molecule has 2 unspecified atom stereocenters. The highest BCUT2D eigenvalue weighted by atomic mass is 16.5. The molecule has 1 fully saturated rings. The van der Waals surface area contributed by atoms with Gasteiger partial charge in [-0.3, -0.25) is 0 Å². The smallest absolute Gasteiger partial charge is 0.119 e. The molecule has 20 heavy (non-hydrogen) atoms. The van der Waals surface area contributed by atoms with Crippen LogP contribution in [0.25, 0.3) is 0 Å². The first-order valence-corrected chi connectivity index (χ1v) is 7.78. The highest BCUT2D eigenvalue weighted by Gasteiger charge is 2.29. The van der Waals surface area contributed by atoms with Gasteiger partial charge < -0.3 is 14.8 Å². The normalized spacial score (nSPS) is 22.4. The van der Waals surface area contributed by atoms with Crippen molar-refractivity contribution < 1.29 is 9.47 Å². The number of ether oxygens (including phenoxy) is 2. The summed E-state index contributed by atoms with van der Waals surface area (Å²) in [6.45, 7) is 9.14. The molecule has 2 rings (SSSR count). The minimum Gasteiger partial charge on any atom is -0.494 e. The molecule has 1 N–H and O–H groups in total. The van der Waals surface area contributed by atoms with E-state index >= 15 is 0 Å². The van der Waals surface area contributed by atoms with Gasteiger partial charge in [-0.15, -0.1) is 0 Å². The lowest BCUT2D eigenvalue weighted by Gasteiger charge is -2.21. The molecule has 1 aromatic rings. The molecule has 0 spiro atoms. The molecule has 2 atom stereocenters. The van der Waals surface area contributed by atoms with Crippen molar-refractivity contribution in [2.24, 2.45) is 5.92 Å². The molecule has 0 amide bonds. The van der Waals surface area contributed by atoms with Crippen LogP contribution in [0.4, 0.5) is 0 Å². The van der Waals surface area contributed by atoms with E-state index in [1.165, 1.54) is 5.56 Å². The van der Waals surface area contributed by atoms with Gasteiger partial charge in [-0.1, -0.05) is 32.9 Å². The second-order valence-corrected chi connectivity index (χ2v) is 5.82. The van der Waals surface area contributed by atoms with Crippen molar-refractivity contribution in [1.29, 1.82) is 0 Å². The Balaban J connectivity index is 2.01. The van der Waals surface area contributed by atoms with Crippen LogP contribution in [0.5, 0.6) is 5.75 Å². The first-order valence-electron chi connectivity index (χ1n) is 7.78. The van der Waals surface area contributed by atoms with E-state index < -0.39 is 0 Å². The Hall–Kier alpha value is -1.06. The Morgan fingerprint density at radius 2 is 2.25 bits per heavy atom. The molecule has 1 aliphatic heterocycles. The van der Waals surface area contributed by atoms with E-state index in [-0.39, 0.29) is 6.10 Å². The predicted molar refractivity (Wildman–Crippen MR) is 82.2 cm³/mol. The van der Waals surface area contributed by atoms with Crippen LogP contribution in [0.3, 0.4) is 0 Å². The summed E-state index contributed by atoms with van der Waals surface area (Å²) in [5.41, 5.74) is 1.24. The molecular formula is C17H27NO2. The topological polar surface area (TPSA) is 30.5 Å². The van der Waals surface area contributed by atoms with Crippen LogP contribution < -0.4 is 10.1 Å². The second-order valence-electron chi connectivity index (χ2n) is 5.82. The molecule has 0 saturated carbocycles. The van der Waals surface area contributed by atoms with Gasteiger partial charge in [0.05, 0.1) is 12.7 Å². The van der Waals surface area contributed by atoms with E-state index in [0.717, 1.165) is 38.3 Å². The molecule has 3 heteroatoms. The van der Waals surface area contributed by atoms with Crippen molar-refractivity contribution >= 4 is 0 Å². The Morgan fingerprint density at radius 3 is 3.00 bits per heavy atom. The first kappa shape index (κ1) is 15.3. The van der Waals surface area contributed by atoms with E-state index in [2.05, 4.69) is 44.3 Å². The van der Waals surface area contributed by atoms with Crippen LogP contribution in [-0.2, 0) is 4.74 Å².